The lowest BCUT2D eigenvalue weighted by molar-refractivity contribution is -0.112. The number of aliphatic imine (C=N–C) groups is 1. The highest BCUT2D eigenvalue weighted by Crippen LogP contribution is 2.15. The number of nitrogens with zero attached hydrogens (tertiary/aromatic N) is 3. The van der Waals surface area contributed by atoms with Crippen molar-refractivity contribution in [1.82, 2.24) is 9.38 Å². The van der Waals surface area contributed by atoms with Gasteiger partial charge < -0.3 is 4.40 Å². The number of fused-ring (bicyclic) bond motifs is 1. The van der Waals surface area contributed by atoms with Gasteiger partial charge in [0.05, 0.1) is 0 Å². The molecule has 1 aliphatic rings. The van der Waals surface area contributed by atoms with Crippen LogP contribution < -0.4 is 0 Å². The van der Waals surface area contributed by atoms with Crippen LogP contribution in [0.2, 0.25) is 0 Å². The Morgan fingerprint density at radius 3 is 3.18 bits per heavy atom. The minimum Gasteiger partial charge on any atom is -0.306 e. The molecule has 17 heavy (non-hydrogen) atoms. The van der Waals surface area contributed by atoms with Crippen molar-refractivity contribution in [2.75, 3.05) is 0 Å². The second-order valence-corrected chi connectivity index (χ2v) is 3.94. The summed E-state index contributed by atoms with van der Waals surface area (Å²) in [4.78, 5) is 20.1. The van der Waals surface area contributed by atoms with Crippen LogP contribution in [-0.2, 0) is 4.79 Å². The number of aromatic nitrogens is 2. The predicted octanol–water partition coefficient (Wildman–Crippen LogP) is 1.72. The van der Waals surface area contributed by atoms with E-state index < -0.39 is 0 Å². The zero-order valence-electron chi connectivity index (χ0n) is 9.34. The van der Waals surface area contributed by atoms with Gasteiger partial charge in [-0.3, -0.25) is 9.79 Å². The highest BCUT2D eigenvalue weighted by atomic mass is 16.1. The monoisotopic (exact) mass is 224 g/mol. The van der Waals surface area contributed by atoms with Crippen LogP contribution in [0.1, 0.15) is 17.5 Å². The highest BCUT2D eigenvalue weighted by molar-refractivity contribution is 6.47. The Labute approximate surface area is 98.3 Å². The molecule has 0 saturated heterocycles. The molecule has 4 nitrogen and oxygen atoms in total. The Balaban J connectivity index is 2.22. The number of hydrogen-bond acceptors (Lipinski definition) is 3. The lowest BCUT2D eigenvalue weighted by Crippen LogP contribution is -2.18. The van der Waals surface area contributed by atoms with E-state index in [0.29, 0.717) is 12.1 Å². The van der Waals surface area contributed by atoms with Gasteiger partial charge in [0, 0.05) is 42.8 Å². The Bertz CT molecular complexity index is 664. The molecule has 3 heterocycles. The van der Waals surface area contributed by atoms with E-state index in [1.54, 1.807) is 18.5 Å². The Hall–Kier alpha value is -2.23. The van der Waals surface area contributed by atoms with E-state index in [9.17, 15) is 4.79 Å². The minimum atomic E-state index is 0.0449. The van der Waals surface area contributed by atoms with Gasteiger partial charge in [0.25, 0.3) is 0 Å². The van der Waals surface area contributed by atoms with Gasteiger partial charge in [-0.2, -0.15) is 0 Å². The van der Waals surface area contributed by atoms with Crippen LogP contribution in [-0.4, -0.2) is 20.9 Å². The van der Waals surface area contributed by atoms with Gasteiger partial charge in [-0.1, -0.05) is 6.08 Å². The van der Waals surface area contributed by atoms with E-state index in [4.69, 9.17) is 0 Å². The minimum absolute atomic E-state index is 0.0449. The molecule has 0 aliphatic carbocycles. The molecule has 2 aromatic rings. The van der Waals surface area contributed by atoms with Crippen molar-refractivity contribution < 1.29 is 4.79 Å². The van der Waals surface area contributed by atoms with E-state index in [1.807, 2.05) is 23.7 Å². The molecule has 1 aliphatic heterocycles. The summed E-state index contributed by atoms with van der Waals surface area (Å²) in [5.41, 5.74) is 2.98. The second kappa shape index (κ2) is 3.66. The fraction of sp³-hybridized carbons (Fsp3) is 0.154. The standard InChI is InChI=1S/C13H10N3O/c1-9-7-12-14-5-6-16(12)8-10(9)13-11(17)3-2-4-15-13/h2,4-6,8H,3H2,1H3. The van der Waals surface area contributed by atoms with E-state index in [2.05, 4.69) is 16.0 Å². The van der Waals surface area contributed by atoms with Crippen molar-refractivity contribution in [1.29, 1.82) is 0 Å². The van der Waals surface area contributed by atoms with Crippen LogP contribution in [0.4, 0.5) is 0 Å². The smallest absolute Gasteiger partial charge is 0.185 e. The third-order valence-corrected chi connectivity index (χ3v) is 2.77. The van der Waals surface area contributed by atoms with Crippen LogP contribution in [0.3, 0.4) is 0 Å². The van der Waals surface area contributed by atoms with Crippen molar-refractivity contribution in [3.8, 4) is 0 Å². The molecule has 0 fully saturated rings. The van der Waals surface area contributed by atoms with Crippen LogP contribution in [0, 0.1) is 13.0 Å². The van der Waals surface area contributed by atoms with Gasteiger partial charge in [0.15, 0.2) is 5.78 Å². The summed E-state index contributed by atoms with van der Waals surface area (Å²) >= 11 is 0. The number of ketones is 1. The number of hydrogen-bond donors (Lipinski definition) is 0. The van der Waals surface area contributed by atoms with Gasteiger partial charge in [-0.25, -0.2) is 4.98 Å². The van der Waals surface area contributed by atoms with Crippen LogP contribution in [0.5, 0.6) is 0 Å². The summed E-state index contributed by atoms with van der Waals surface area (Å²) in [7, 11) is 0. The van der Waals surface area contributed by atoms with E-state index in [0.717, 1.165) is 16.8 Å². The maximum absolute atomic E-state index is 11.8. The quantitative estimate of drug-likeness (QED) is 0.740. The Morgan fingerprint density at radius 2 is 2.35 bits per heavy atom. The molecule has 0 aromatic carbocycles. The SMILES string of the molecule is Cc1[c]c2nccn2cc1C1=NC=CCC1=O. The molecule has 0 bridgehead atoms. The number of rotatable bonds is 1. The van der Waals surface area contributed by atoms with Crippen molar-refractivity contribution in [3.63, 3.8) is 0 Å². The molecule has 0 saturated carbocycles. The summed E-state index contributed by atoms with van der Waals surface area (Å²) < 4.78 is 1.84. The number of Topliss-reactive ketones (excluding diaryl/α,β-unsaturated/α-hetero) is 1. The molecular formula is C13H10N3O. The van der Waals surface area contributed by atoms with E-state index in [1.165, 1.54) is 0 Å². The van der Waals surface area contributed by atoms with Crippen LogP contribution >= 0.6 is 0 Å². The maximum Gasteiger partial charge on any atom is 0.185 e. The zero-order valence-corrected chi connectivity index (χ0v) is 9.34. The summed E-state index contributed by atoms with van der Waals surface area (Å²) in [6, 6.07) is 3.15. The van der Waals surface area contributed by atoms with Crippen molar-refractivity contribution in [3.05, 3.63) is 48.1 Å². The third-order valence-electron chi connectivity index (χ3n) is 2.77. The van der Waals surface area contributed by atoms with Gasteiger partial charge in [-0.05, 0) is 12.5 Å². The normalized spacial score (nSPS) is 15.4. The first-order valence-corrected chi connectivity index (χ1v) is 5.37. The molecule has 1 radical (unpaired) electrons. The average molecular weight is 224 g/mol. The molecular weight excluding hydrogens is 214 g/mol. The predicted molar refractivity (Wildman–Crippen MR) is 64.1 cm³/mol. The van der Waals surface area contributed by atoms with Crippen molar-refractivity contribution in [2.45, 2.75) is 13.3 Å². The molecule has 0 atom stereocenters. The Morgan fingerprint density at radius 1 is 1.47 bits per heavy atom. The molecule has 0 spiro atoms. The topological polar surface area (TPSA) is 46.7 Å². The van der Waals surface area contributed by atoms with Gasteiger partial charge in [-0.15, -0.1) is 0 Å². The summed E-state index contributed by atoms with van der Waals surface area (Å²) in [5.74, 6) is 0.0449. The fourth-order valence-corrected chi connectivity index (χ4v) is 1.90. The summed E-state index contributed by atoms with van der Waals surface area (Å²) in [5, 5.41) is 0. The van der Waals surface area contributed by atoms with Gasteiger partial charge >= 0.3 is 0 Å². The van der Waals surface area contributed by atoms with Gasteiger partial charge in [0.2, 0.25) is 0 Å². The van der Waals surface area contributed by atoms with E-state index in [-0.39, 0.29) is 5.78 Å². The summed E-state index contributed by atoms with van der Waals surface area (Å²) in [6.07, 6.45) is 9.27. The largest absolute Gasteiger partial charge is 0.306 e. The molecule has 0 amide bonds. The van der Waals surface area contributed by atoms with E-state index >= 15 is 0 Å². The first kappa shape index (κ1) is 9.96. The number of carbonyl (C=O) groups excluding carboxylic acids is 1. The first-order valence-electron chi connectivity index (χ1n) is 5.37. The lowest BCUT2D eigenvalue weighted by Gasteiger charge is -2.10. The second-order valence-electron chi connectivity index (χ2n) is 3.94. The van der Waals surface area contributed by atoms with Gasteiger partial charge in [0.1, 0.15) is 11.4 Å². The number of pyridine rings is 1. The lowest BCUT2D eigenvalue weighted by atomic mass is 10.0. The van der Waals surface area contributed by atoms with Crippen LogP contribution in [0.15, 0.2) is 35.9 Å². The number of imidazole rings is 1. The maximum atomic E-state index is 11.8. The molecule has 4 heteroatoms. The number of carbonyl (C=O) groups is 1. The van der Waals surface area contributed by atoms with Crippen molar-refractivity contribution >= 4 is 17.1 Å². The fourth-order valence-electron chi connectivity index (χ4n) is 1.90. The number of allylic oxidation sites excluding steroid dienone is 1. The third kappa shape index (κ3) is 1.58. The zero-order chi connectivity index (χ0) is 11.8. The first-order chi connectivity index (χ1) is 8.25. The van der Waals surface area contributed by atoms with Crippen molar-refractivity contribution in [2.24, 2.45) is 4.99 Å². The highest BCUT2D eigenvalue weighted by Gasteiger charge is 2.17. The molecule has 83 valence electrons. The Kier molecular flexibility index (Phi) is 2.14. The van der Waals surface area contributed by atoms with Crippen LogP contribution in [0.25, 0.3) is 5.65 Å². The molecule has 0 unspecified atom stereocenters. The summed E-state index contributed by atoms with van der Waals surface area (Å²) in [6.45, 7) is 1.91. The molecule has 2 aromatic heterocycles. The molecule has 0 N–H and O–H groups in total. The number of aryl methyl sites for hydroxylation is 1. The molecule has 3 rings (SSSR count). The average Bonchev–Trinajstić information content (AvgIpc) is 2.76.